The van der Waals surface area contributed by atoms with Gasteiger partial charge in [-0.2, -0.15) is 0 Å². The van der Waals surface area contributed by atoms with Crippen molar-refractivity contribution in [2.75, 3.05) is 31.4 Å². The van der Waals surface area contributed by atoms with Crippen molar-refractivity contribution in [3.8, 4) is 11.5 Å². The Bertz CT molecular complexity index is 620. The lowest BCUT2D eigenvalue weighted by molar-refractivity contribution is 0.396. The van der Waals surface area contributed by atoms with E-state index in [0.717, 1.165) is 23.7 Å². The molecule has 1 aromatic heterocycles. The molecule has 6 heteroatoms. The molecular weight excluding hydrogens is 290 g/mol. The largest absolute Gasteiger partial charge is 0.495 e. The Balaban J connectivity index is 2.30. The molecule has 0 unspecified atom stereocenters. The summed E-state index contributed by atoms with van der Waals surface area (Å²) in [4.78, 5) is 4.23. The molecule has 1 heterocycles. The molecule has 2 N–H and O–H groups in total. The number of anilines is 3. The van der Waals surface area contributed by atoms with E-state index in [4.69, 9.17) is 21.1 Å². The van der Waals surface area contributed by atoms with Gasteiger partial charge in [0.15, 0.2) is 0 Å². The van der Waals surface area contributed by atoms with E-state index in [2.05, 4.69) is 15.6 Å². The smallest absolute Gasteiger partial charge is 0.146 e. The van der Waals surface area contributed by atoms with Crippen LogP contribution in [-0.2, 0) is 0 Å². The molecule has 0 aliphatic heterocycles. The third-order valence-electron chi connectivity index (χ3n) is 2.87. The molecule has 0 aliphatic carbocycles. The van der Waals surface area contributed by atoms with Crippen LogP contribution >= 0.6 is 11.6 Å². The van der Waals surface area contributed by atoms with E-state index >= 15 is 0 Å². The van der Waals surface area contributed by atoms with E-state index in [-0.39, 0.29) is 0 Å². The molecule has 112 valence electrons. The van der Waals surface area contributed by atoms with Gasteiger partial charge in [0.25, 0.3) is 0 Å². The van der Waals surface area contributed by atoms with Crippen LogP contribution in [0.25, 0.3) is 0 Å². The van der Waals surface area contributed by atoms with Gasteiger partial charge in [0.1, 0.15) is 17.3 Å². The first kappa shape index (κ1) is 15.3. The summed E-state index contributed by atoms with van der Waals surface area (Å²) in [6.07, 6.45) is 1.73. The topological polar surface area (TPSA) is 55.4 Å². The summed E-state index contributed by atoms with van der Waals surface area (Å²) in [5.74, 6) is 2.03. The zero-order valence-corrected chi connectivity index (χ0v) is 13.0. The van der Waals surface area contributed by atoms with Gasteiger partial charge >= 0.3 is 0 Å². The van der Waals surface area contributed by atoms with Crippen LogP contribution in [-0.4, -0.2) is 25.7 Å². The summed E-state index contributed by atoms with van der Waals surface area (Å²) in [5, 5.41) is 6.95. The minimum Gasteiger partial charge on any atom is -0.495 e. The summed E-state index contributed by atoms with van der Waals surface area (Å²) in [7, 11) is 3.17. The molecule has 5 nitrogen and oxygen atoms in total. The molecular formula is C15H18ClN3O2. The number of halogens is 1. The van der Waals surface area contributed by atoms with Crippen LogP contribution in [0.4, 0.5) is 17.2 Å². The average Bonchev–Trinajstić information content (AvgIpc) is 2.48. The number of benzene rings is 1. The maximum atomic E-state index is 6.16. The van der Waals surface area contributed by atoms with Crippen molar-refractivity contribution >= 4 is 28.8 Å². The molecule has 0 spiro atoms. The number of rotatable bonds is 6. The van der Waals surface area contributed by atoms with Gasteiger partial charge in [0.2, 0.25) is 0 Å². The zero-order valence-electron chi connectivity index (χ0n) is 12.2. The number of methoxy groups -OCH3 is 2. The Labute approximate surface area is 129 Å². The third-order valence-corrected chi connectivity index (χ3v) is 3.17. The van der Waals surface area contributed by atoms with E-state index in [1.54, 1.807) is 32.5 Å². The summed E-state index contributed by atoms with van der Waals surface area (Å²) in [6.45, 7) is 2.84. The summed E-state index contributed by atoms with van der Waals surface area (Å²) in [6, 6.07) is 7.31. The average molecular weight is 308 g/mol. The van der Waals surface area contributed by atoms with E-state index in [1.165, 1.54) is 0 Å². The lowest BCUT2D eigenvalue weighted by Gasteiger charge is -2.14. The molecule has 0 saturated heterocycles. The number of pyridine rings is 1. The zero-order chi connectivity index (χ0) is 15.2. The van der Waals surface area contributed by atoms with Crippen LogP contribution in [0.2, 0.25) is 5.02 Å². The fourth-order valence-corrected chi connectivity index (χ4v) is 2.14. The van der Waals surface area contributed by atoms with Gasteiger partial charge in [-0.1, -0.05) is 11.6 Å². The summed E-state index contributed by atoms with van der Waals surface area (Å²) < 4.78 is 10.5. The van der Waals surface area contributed by atoms with Crippen LogP contribution in [0.15, 0.2) is 30.5 Å². The van der Waals surface area contributed by atoms with Crippen molar-refractivity contribution in [3.63, 3.8) is 0 Å². The normalized spacial score (nSPS) is 10.1. The number of hydrogen-bond donors (Lipinski definition) is 2. The second-order valence-electron chi connectivity index (χ2n) is 4.27. The van der Waals surface area contributed by atoms with Gasteiger partial charge in [-0.15, -0.1) is 0 Å². The van der Waals surface area contributed by atoms with E-state index in [9.17, 15) is 0 Å². The SMILES string of the molecule is CCNc1cc(Nc2cc(Cl)c(OC)cc2OC)ccn1. The van der Waals surface area contributed by atoms with Crippen LogP contribution < -0.4 is 20.1 Å². The first-order valence-corrected chi connectivity index (χ1v) is 6.94. The molecule has 2 rings (SSSR count). The van der Waals surface area contributed by atoms with Gasteiger partial charge in [0, 0.05) is 30.6 Å². The number of hydrogen-bond acceptors (Lipinski definition) is 5. The minimum atomic E-state index is 0.516. The highest BCUT2D eigenvalue weighted by atomic mass is 35.5. The minimum absolute atomic E-state index is 0.516. The van der Waals surface area contributed by atoms with Crippen molar-refractivity contribution in [2.24, 2.45) is 0 Å². The van der Waals surface area contributed by atoms with Crippen molar-refractivity contribution < 1.29 is 9.47 Å². The van der Waals surface area contributed by atoms with Gasteiger partial charge in [-0.05, 0) is 19.1 Å². The number of nitrogens with zero attached hydrogens (tertiary/aromatic N) is 1. The van der Waals surface area contributed by atoms with E-state index in [0.29, 0.717) is 16.5 Å². The Morgan fingerprint density at radius 3 is 2.57 bits per heavy atom. The first-order chi connectivity index (χ1) is 10.2. The fourth-order valence-electron chi connectivity index (χ4n) is 1.90. The van der Waals surface area contributed by atoms with Gasteiger partial charge in [-0.3, -0.25) is 0 Å². The lowest BCUT2D eigenvalue weighted by atomic mass is 10.2. The Morgan fingerprint density at radius 2 is 1.90 bits per heavy atom. The van der Waals surface area contributed by atoms with Crippen molar-refractivity contribution in [1.29, 1.82) is 0 Å². The molecule has 0 radical (unpaired) electrons. The number of ether oxygens (including phenoxy) is 2. The highest BCUT2D eigenvalue weighted by molar-refractivity contribution is 6.32. The Morgan fingerprint density at radius 1 is 1.14 bits per heavy atom. The highest BCUT2D eigenvalue weighted by Crippen LogP contribution is 2.37. The van der Waals surface area contributed by atoms with Crippen LogP contribution in [0, 0.1) is 0 Å². The van der Waals surface area contributed by atoms with Crippen LogP contribution in [0.1, 0.15) is 6.92 Å². The molecule has 2 aromatic rings. The molecule has 0 bridgehead atoms. The predicted molar refractivity (Wildman–Crippen MR) is 86.2 cm³/mol. The molecule has 0 saturated carbocycles. The predicted octanol–water partition coefficient (Wildman–Crippen LogP) is 3.93. The van der Waals surface area contributed by atoms with Crippen molar-refractivity contribution in [2.45, 2.75) is 6.92 Å². The summed E-state index contributed by atoms with van der Waals surface area (Å²) in [5.41, 5.74) is 1.65. The maximum Gasteiger partial charge on any atom is 0.146 e. The second-order valence-corrected chi connectivity index (χ2v) is 4.68. The van der Waals surface area contributed by atoms with Crippen molar-refractivity contribution in [3.05, 3.63) is 35.5 Å². The number of nitrogens with one attached hydrogen (secondary N) is 2. The van der Waals surface area contributed by atoms with Gasteiger partial charge < -0.3 is 20.1 Å². The van der Waals surface area contributed by atoms with Crippen molar-refractivity contribution in [1.82, 2.24) is 4.98 Å². The Kier molecular flexibility index (Phi) is 5.11. The first-order valence-electron chi connectivity index (χ1n) is 6.56. The Hall–Kier alpha value is -2.14. The quantitative estimate of drug-likeness (QED) is 0.847. The molecule has 21 heavy (non-hydrogen) atoms. The second kappa shape index (κ2) is 7.04. The van der Waals surface area contributed by atoms with E-state index < -0.39 is 0 Å². The highest BCUT2D eigenvalue weighted by Gasteiger charge is 2.10. The standard InChI is InChI=1S/C15H18ClN3O2/c1-4-17-15-7-10(5-6-18-15)19-12-8-11(16)13(20-2)9-14(12)21-3/h5-9H,4H2,1-3H3,(H2,17,18,19). The third kappa shape index (κ3) is 3.70. The van der Waals surface area contributed by atoms with E-state index in [1.807, 2.05) is 19.1 Å². The van der Waals surface area contributed by atoms with Crippen LogP contribution in [0.3, 0.4) is 0 Å². The monoisotopic (exact) mass is 307 g/mol. The molecule has 0 atom stereocenters. The fraction of sp³-hybridized carbons (Fsp3) is 0.267. The molecule has 1 aromatic carbocycles. The number of aromatic nitrogens is 1. The molecule has 0 fully saturated rings. The molecule has 0 aliphatic rings. The molecule has 0 amide bonds. The van der Waals surface area contributed by atoms with Gasteiger partial charge in [-0.25, -0.2) is 4.98 Å². The maximum absolute atomic E-state index is 6.16. The summed E-state index contributed by atoms with van der Waals surface area (Å²) >= 11 is 6.16. The van der Waals surface area contributed by atoms with Crippen LogP contribution in [0.5, 0.6) is 11.5 Å². The lowest BCUT2D eigenvalue weighted by Crippen LogP contribution is -2.01. The van der Waals surface area contributed by atoms with Gasteiger partial charge in [0.05, 0.1) is 24.9 Å².